The number of carbonyl (C=O) groups is 2. The zero-order valence-corrected chi connectivity index (χ0v) is 18.3. The maximum Gasteiger partial charge on any atom is 0.251 e. The summed E-state index contributed by atoms with van der Waals surface area (Å²) in [4.78, 5) is 32.7. The number of piperazine rings is 1. The molecule has 0 saturated carbocycles. The molecule has 160 valence electrons. The Labute approximate surface area is 178 Å². The van der Waals surface area contributed by atoms with Crippen molar-refractivity contribution in [3.63, 3.8) is 0 Å². The van der Waals surface area contributed by atoms with E-state index in [1.807, 2.05) is 24.3 Å². The molecule has 1 fully saturated rings. The zero-order valence-electron chi connectivity index (χ0n) is 18.3. The third-order valence-corrected chi connectivity index (χ3v) is 5.40. The number of nitrogens with zero attached hydrogens (tertiary/aromatic N) is 2. The summed E-state index contributed by atoms with van der Waals surface area (Å²) in [5.74, 6) is 0.371. The van der Waals surface area contributed by atoms with Gasteiger partial charge in [0.2, 0.25) is 5.91 Å². The number of hydrogen-bond donors (Lipinski definition) is 3. The summed E-state index contributed by atoms with van der Waals surface area (Å²) in [6, 6.07) is 11.2. The highest BCUT2D eigenvalue weighted by molar-refractivity contribution is 5.99. The standard InChI is InChI=1S/C23H31N5O2/c1-23(2,3)18-7-5-17(6-8-18)22(30)25-16-21(29)26-19-9-10-20(24-15-19)28-13-11-27(4)12-14-28/h5-10,15H,11-14,16H2,1-4H3,(H,25,30)(H,26,29)/p+1. The van der Waals surface area contributed by atoms with Crippen molar-refractivity contribution in [2.75, 3.05) is 50.0 Å². The van der Waals surface area contributed by atoms with E-state index in [2.05, 4.69) is 48.3 Å². The Hall–Kier alpha value is -2.93. The summed E-state index contributed by atoms with van der Waals surface area (Å²) in [6.07, 6.45) is 1.66. The van der Waals surface area contributed by atoms with Gasteiger partial charge in [0.25, 0.3) is 5.91 Å². The van der Waals surface area contributed by atoms with Gasteiger partial charge in [-0.25, -0.2) is 4.98 Å². The fourth-order valence-electron chi connectivity index (χ4n) is 3.35. The van der Waals surface area contributed by atoms with Crippen LogP contribution in [0.25, 0.3) is 0 Å². The van der Waals surface area contributed by atoms with Crippen LogP contribution in [0.3, 0.4) is 0 Å². The van der Waals surface area contributed by atoms with Crippen molar-refractivity contribution in [2.24, 2.45) is 0 Å². The topological polar surface area (TPSA) is 78.8 Å². The van der Waals surface area contributed by atoms with Gasteiger partial charge in [0.1, 0.15) is 5.82 Å². The number of rotatable bonds is 5. The molecule has 0 spiro atoms. The molecule has 7 heteroatoms. The van der Waals surface area contributed by atoms with Crippen LogP contribution in [0.15, 0.2) is 42.6 Å². The number of quaternary nitrogens is 1. The first-order valence-corrected chi connectivity index (χ1v) is 10.4. The summed E-state index contributed by atoms with van der Waals surface area (Å²) in [7, 11) is 2.20. The second-order valence-corrected chi connectivity index (χ2v) is 8.91. The first-order chi connectivity index (χ1) is 14.2. The van der Waals surface area contributed by atoms with Gasteiger partial charge < -0.3 is 20.4 Å². The van der Waals surface area contributed by atoms with Gasteiger partial charge in [-0.2, -0.15) is 0 Å². The van der Waals surface area contributed by atoms with Crippen LogP contribution in [0.5, 0.6) is 0 Å². The molecule has 2 amide bonds. The van der Waals surface area contributed by atoms with E-state index < -0.39 is 0 Å². The van der Waals surface area contributed by atoms with E-state index in [-0.39, 0.29) is 23.8 Å². The minimum atomic E-state index is -0.285. The Balaban J connectivity index is 1.48. The van der Waals surface area contributed by atoms with E-state index in [0.717, 1.165) is 37.6 Å². The Bertz CT molecular complexity index is 864. The van der Waals surface area contributed by atoms with Gasteiger partial charge in [0, 0.05) is 5.56 Å². The number of carbonyl (C=O) groups excluding carboxylic acids is 2. The summed E-state index contributed by atoms with van der Waals surface area (Å²) < 4.78 is 0. The van der Waals surface area contributed by atoms with Crippen LogP contribution < -0.4 is 20.4 Å². The van der Waals surface area contributed by atoms with E-state index in [9.17, 15) is 9.59 Å². The number of amides is 2. The van der Waals surface area contributed by atoms with Gasteiger partial charge in [-0.1, -0.05) is 32.9 Å². The molecule has 1 aromatic carbocycles. The lowest BCUT2D eigenvalue weighted by molar-refractivity contribution is -0.880. The van der Waals surface area contributed by atoms with E-state index in [1.165, 1.54) is 4.90 Å². The second kappa shape index (κ2) is 9.26. The Morgan fingerprint density at radius 3 is 2.30 bits per heavy atom. The normalized spacial score (nSPS) is 15.0. The Kier molecular flexibility index (Phi) is 6.72. The first-order valence-electron chi connectivity index (χ1n) is 10.4. The maximum atomic E-state index is 12.3. The predicted molar refractivity (Wildman–Crippen MR) is 119 cm³/mol. The minimum absolute atomic E-state index is 0.0316. The largest absolute Gasteiger partial charge is 0.345 e. The molecule has 1 aliphatic rings. The molecular formula is C23H32N5O2+. The van der Waals surface area contributed by atoms with Crippen LogP contribution in [-0.4, -0.2) is 56.6 Å². The molecule has 1 aliphatic heterocycles. The van der Waals surface area contributed by atoms with Crippen molar-refractivity contribution in [1.29, 1.82) is 0 Å². The lowest BCUT2D eigenvalue weighted by Gasteiger charge is -2.30. The van der Waals surface area contributed by atoms with Crippen LogP contribution in [0, 0.1) is 0 Å². The van der Waals surface area contributed by atoms with Gasteiger partial charge in [-0.05, 0) is 35.2 Å². The number of pyridine rings is 1. The van der Waals surface area contributed by atoms with Crippen LogP contribution >= 0.6 is 0 Å². The summed E-state index contributed by atoms with van der Waals surface area (Å²) in [5, 5.41) is 5.44. The molecule has 3 rings (SSSR count). The maximum absolute atomic E-state index is 12.3. The van der Waals surface area contributed by atoms with Crippen LogP contribution in [0.1, 0.15) is 36.7 Å². The Morgan fingerprint density at radius 1 is 1.07 bits per heavy atom. The highest BCUT2D eigenvalue weighted by atomic mass is 16.2. The average Bonchev–Trinajstić information content (AvgIpc) is 2.73. The molecule has 30 heavy (non-hydrogen) atoms. The van der Waals surface area contributed by atoms with Crippen molar-refractivity contribution in [1.82, 2.24) is 10.3 Å². The molecule has 1 saturated heterocycles. The van der Waals surface area contributed by atoms with Crippen LogP contribution in [0.4, 0.5) is 11.5 Å². The smallest absolute Gasteiger partial charge is 0.251 e. The van der Waals surface area contributed by atoms with Crippen LogP contribution in [0.2, 0.25) is 0 Å². The number of benzene rings is 1. The Morgan fingerprint density at radius 2 is 1.73 bits per heavy atom. The lowest BCUT2D eigenvalue weighted by Crippen LogP contribution is -3.12. The minimum Gasteiger partial charge on any atom is -0.345 e. The van der Waals surface area contributed by atoms with Crippen molar-refractivity contribution in [3.8, 4) is 0 Å². The summed E-state index contributed by atoms with van der Waals surface area (Å²) >= 11 is 0. The molecule has 3 N–H and O–H groups in total. The van der Waals surface area contributed by atoms with Gasteiger partial charge in [-0.15, -0.1) is 0 Å². The van der Waals surface area contributed by atoms with E-state index in [0.29, 0.717) is 11.3 Å². The lowest BCUT2D eigenvalue weighted by atomic mass is 9.87. The van der Waals surface area contributed by atoms with Crippen molar-refractivity contribution in [3.05, 3.63) is 53.7 Å². The number of anilines is 2. The van der Waals surface area contributed by atoms with Gasteiger partial charge in [-0.3, -0.25) is 9.59 Å². The highest BCUT2D eigenvalue weighted by Crippen LogP contribution is 2.22. The molecule has 0 atom stereocenters. The number of hydrogen-bond acceptors (Lipinski definition) is 4. The average molecular weight is 411 g/mol. The number of likely N-dealkylation sites (N-methyl/N-ethyl adjacent to an activating group) is 1. The zero-order chi connectivity index (χ0) is 21.7. The quantitative estimate of drug-likeness (QED) is 0.689. The molecule has 1 aromatic heterocycles. The van der Waals surface area contributed by atoms with Crippen molar-refractivity contribution in [2.45, 2.75) is 26.2 Å². The van der Waals surface area contributed by atoms with E-state index in [4.69, 9.17) is 0 Å². The van der Waals surface area contributed by atoms with Gasteiger partial charge >= 0.3 is 0 Å². The molecule has 0 aliphatic carbocycles. The molecule has 0 bridgehead atoms. The fraction of sp³-hybridized carbons (Fsp3) is 0.435. The molecule has 0 radical (unpaired) electrons. The molecule has 7 nitrogen and oxygen atoms in total. The fourth-order valence-corrected chi connectivity index (χ4v) is 3.35. The van der Waals surface area contributed by atoms with Crippen molar-refractivity contribution >= 4 is 23.3 Å². The van der Waals surface area contributed by atoms with Gasteiger partial charge in [0.15, 0.2) is 0 Å². The molecule has 2 aromatic rings. The van der Waals surface area contributed by atoms with Gasteiger partial charge in [0.05, 0.1) is 51.7 Å². The number of nitrogens with one attached hydrogen (secondary N) is 3. The highest BCUT2D eigenvalue weighted by Gasteiger charge is 2.18. The third-order valence-electron chi connectivity index (χ3n) is 5.40. The second-order valence-electron chi connectivity index (χ2n) is 8.91. The SMILES string of the molecule is C[NH+]1CCN(c2ccc(NC(=O)CNC(=O)c3ccc(C(C)(C)C)cc3)cn2)CC1. The summed E-state index contributed by atoms with van der Waals surface area (Å²) in [6.45, 7) is 10.4. The van der Waals surface area contributed by atoms with E-state index >= 15 is 0 Å². The molecular weight excluding hydrogens is 378 g/mol. The van der Waals surface area contributed by atoms with E-state index in [1.54, 1.807) is 18.3 Å². The predicted octanol–water partition coefficient (Wildman–Crippen LogP) is 1.08. The first kappa shape index (κ1) is 21.8. The monoisotopic (exact) mass is 410 g/mol. The molecule has 0 unspecified atom stereocenters. The number of aromatic nitrogens is 1. The molecule has 2 heterocycles. The van der Waals surface area contributed by atoms with Crippen LogP contribution in [-0.2, 0) is 10.2 Å². The van der Waals surface area contributed by atoms with Crippen molar-refractivity contribution < 1.29 is 14.5 Å². The summed E-state index contributed by atoms with van der Waals surface area (Å²) in [5.41, 5.74) is 2.35. The third kappa shape index (κ3) is 5.79.